The zero-order valence-electron chi connectivity index (χ0n) is 9.43. The molecule has 0 fully saturated rings. The van der Waals surface area contributed by atoms with Crippen LogP contribution >= 0.6 is 0 Å². The molecule has 0 unspecified atom stereocenters. The number of anilines is 1. The summed E-state index contributed by atoms with van der Waals surface area (Å²) in [5, 5.41) is 7.29. The second-order valence-corrected chi connectivity index (χ2v) is 5.43. The van der Waals surface area contributed by atoms with Crippen molar-refractivity contribution in [2.24, 2.45) is 5.14 Å². The predicted octanol–water partition coefficient (Wildman–Crippen LogP) is -0.404. The number of carbonyl (C=O) groups excluding carboxylic acids is 1. The van der Waals surface area contributed by atoms with E-state index >= 15 is 0 Å². The van der Waals surface area contributed by atoms with E-state index in [0.717, 1.165) is 5.56 Å². The number of benzene rings is 1. The number of aryl methyl sites for hydroxylation is 1. The van der Waals surface area contributed by atoms with Crippen LogP contribution in [0.3, 0.4) is 0 Å². The fourth-order valence-electron chi connectivity index (χ4n) is 1.29. The Hall–Kier alpha value is -1.60. The molecule has 0 spiro atoms. The van der Waals surface area contributed by atoms with Crippen LogP contribution in [0.1, 0.15) is 15.9 Å². The molecule has 6 nitrogen and oxygen atoms in total. The van der Waals surface area contributed by atoms with Gasteiger partial charge >= 0.3 is 0 Å². The summed E-state index contributed by atoms with van der Waals surface area (Å²) in [7, 11) is -3.56. The minimum Gasteiger partial charge on any atom is -0.399 e. The third-order valence-corrected chi connectivity index (χ3v) is 2.95. The maximum atomic E-state index is 11.7. The van der Waals surface area contributed by atoms with Crippen molar-refractivity contribution in [1.82, 2.24) is 5.32 Å². The molecule has 0 aliphatic carbocycles. The Morgan fingerprint density at radius 2 is 2.06 bits per heavy atom. The van der Waals surface area contributed by atoms with Crippen molar-refractivity contribution in [3.63, 3.8) is 0 Å². The molecular formula is C10H15N3O3S. The average molecular weight is 257 g/mol. The summed E-state index contributed by atoms with van der Waals surface area (Å²) in [5.41, 5.74) is 7.25. The minimum absolute atomic E-state index is 0.0219. The fourth-order valence-corrected chi connectivity index (χ4v) is 1.67. The molecule has 1 aromatic rings. The molecular weight excluding hydrogens is 242 g/mol. The normalized spacial score (nSPS) is 11.2. The molecule has 0 radical (unpaired) electrons. The van der Waals surface area contributed by atoms with Gasteiger partial charge in [0.05, 0.1) is 5.75 Å². The van der Waals surface area contributed by atoms with Crippen LogP contribution in [0, 0.1) is 6.92 Å². The van der Waals surface area contributed by atoms with Gasteiger partial charge in [0, 0.05) is 17.8 Å². The summed E-state index contributed by atoms with van der Waals surface area (Å²) in [6.45, 7) is 1.75. The molecule has 7 heteroatoms. The molecule has 0 aliphatic rings. The SMILES string of the molecule is Cc1ccc(N)cc1C(=O)NCCS(N)(=O)=O. The molecule has 1 aromatic carbocycles. The van der Waals surface area contributed by atoms with Gasteiger partial charge < -0.3 is 11.1 Å². The quantitative estimate of drug-likeness (QED) is 0.636. The topological polar surface area (TPSA) is 115 Å². The molecule has 0 aromatic heterocycles. The van der Waals surface area contributed by atoms with E-state index in [-0.39, 0.29) is 18.2 Å². The van der Waals surface area contributed by atoms with Gasteiger partial charge in [0.25, 0.3) is 5.91 Å². The zero-order valence-corrected chi connectivity index (χ0v) is 10.3. The van der Waals surface area contributed by atoms with Crippen molar-refractivity contribution in [1.29, 1.82) is 0 Å². The summed E-state index contributed by atoms with van der Waals surface area (Å²) in [6.07, 6.45) is 0. The summed E-state index contributed by atoms with van der Waals surface area (Å²) < 4.78 is 21.4. The van der Waals surface area contributed by atoms with Crippen molar-refractivity contribution in [3.05, 3.63) is 29.3 Å². The molecule has 0 heterocycles. The van der Waals surface area contributed by atoms with Crippen LogP contribution < -0.4 is 16.2 Å². The number of hydrogen-bond donors (Lipinski definition) is 3. The van der Waals surface area contributed by atoms with Crippen LogP contribution in [-0.2, 0) is 10.0 Å². The van der Waals surface area contributed by atoms with E-state index in [9.17, 15) is 13.2 Å². The fraction of sp³-hybridized carbons (Fsp3) is 0.300. The highest BCUT2D eigenvalue weighted by Crippen LogP contribution is 2.12. The number of rotatable bonds is 4. The first-order valence-electron chi connectivity index (χ1n) is 4.94. The molecule has 1 rings (SSSR count). The summed E-state index contributed by atoms with van der Waals surface area (Å²) in [4.78, 5) is 11.7. The molecule has 17 heavy (non-hydrogen) atoms. The number of amides is 1. The predicted molar refractivity (Wildman–Crippen MR) is 65.9 cm³/mol. The van der Waals surface area contributed by atoms with Crippen molar-refractivity contribution in [2.75, 3.05) is 18.0 Å². The second kappa shape index (κ2) is 5.15. The number of primary sulfonamides is 1. The van der Waals surface area contributed by atoms with Crippen molar-refractivity contribution >= 4 is 21.6 Å². The standard InChI is InChI=1S/C10H15N3O3S/c1-7-2-3-8(11)6-9(7)10(14)13-4-5-17(12,15)16/h2-3,6H,4-5,11H2,1H3,(H,13,14)(H2,12,15,16). The average Bonchev–Trinajstić information content (AvgIpc) is 2.19. The van der Waals surface area contributed by atoms with E-state index < -0.39 is 10.0 Å². The van der Waals surface area contributed by atoms with Gasteiger partial charge in [-0.1, -0.05) is 6.07 Å². The lowest BCUT2D eigenvalue weighted by Crippen LogP contribution is -2.31. The van der Waals surface area contributed by atoms with Crippen LogP contribution in [0.2, 0.25) is 0 Å². The van der Waals surface area contributed by atoms with Crippen LogP contribution in [-0.4, -0.2) is 26.6 Å². The van der Waals surface area contributed by atoms with Crippen LogP contribution in [0.25, 0.3) is 0 Å². The summed E-state index contributed by atoms with van der Waals surface area (Å²) >= 11 is 0. The Bertz CT molecular complexity index is 526. The van der Waals surface area contributed by atoms with E-state index in [2.05, 4.69) is 5.32 Å². The van der Waals surface area contributed by atoms with E-state index in [0.29, 0.717) is 11.3 Å². The highest BCUT2D eigenvalue weighted by Gasteiger charge is 2.10. The maximum absolute atomic E-state index is 11.7. The lowest BCUT2D eigenvalue weighted by molar-refractivity contribution is 0.0955. The first kappa shape index (κ1) is 13.5. The van der Waals surface area contributed by atoms with Crippen LogP contribution in [0.5, 0.6) is 0 Å². The molecule has 0 saturated heterocycles. The number of carbonyl (C=O) groups is 1. The van der Waals surface area contributed by atoms with E-state index in [1.165, 1.54) is 0 Å². The molecule has 0 aliphatic heterocycles. The monoisotopic (exact) mass is 257 g/mol. The zero-order chi connectivity index (χ0) is 13.1. The van der Waals surface area contributed by atoms with E-state index in [1.54, 1.807) is 25.1 Å². The van der Waals surface area contributed by atoms with Crippen LogP contribution in [0.4, 0.5) is 5.69 Å². The van der Waals surface area contributed by atoms with Gasteiger partial charge in [-0.3, -0.25) is 4.79 Å². The van der Waals surface area contributed by atoms with Crippen molar-refractivity contribution < 1.29 is 13.2 Å². The lowest BCUT2D eigenvalue weighted by Gasteiger charge is -2.07. The third-order valence-electron chi connectivity index (χ3n) is 2.18. The maximum Gasteiger partial charge on any atom is 0.251 e. The minimum atomic E-state index is -3.56. The number of sulfonamides is 1. The Morgan fingerprint density at radius 1 is 1.41 bits per heavy atom. The smallest absolute Gasteiger partial charge is 0.251 e. The molecule has 0 atom stereocenters. The molecule has 0 saturated carbocycles. The number of hydrogen-bond acceptors (Lipinski definition) is 4. The van der Waals surface area contributed by atoms with Crippen molar-refractivity contribution in [3.8, 4) is 0 Å². The number of nitrogens with one attached hydrogen (secondary N) is 1. The summed E-state index contributed by atoms with van der Waals surface area (Å²) in [5.74, 6) is -0.654. The molecule has 94 valence electrons. The highest BCUT2D eigenvalue weighted by molar-refractivity contribution is 7.89. The van der Waals surface area contributed by atoms with Gasteiger partial charge in [-0.15, -0.1) is 0 Å². The Kier molecular flexibility index (Phi) is 4.08. The Balaban J connectivity index is 2.67. The molecule has 5 N–H and O–H groups in total. The van der Waals surface area contributed by atoms with E-state index in [1.807, 2.05) is 0 Å². The first-order chi connectivity index (χ1) is 7.79. The molecule has 0 bridgehead atoms. The van der Waals surface area contributed by atoms with E-state index in [4.69, 9.17) is 10.9 Å². The van der Waals surface area contributed by atoms with Crippen molar-refractivity contribution in [2.45, 2.75) is 6.92 Å². The highest BCUT2D eigenvalue weighted by atomic mass is 32.2. The van der Waals surface area contributed by atoms with Crippen LogP contribution in [0.15, 0.2) is 18.2 Å². The van der Waals surface area contributed by atoms with Gasteiger partial charge in [-0.05, 0) is 24.6 Å². The lowest BCUT2D eigenvalue weighted by atomic mass is 10.1. The number of nitrogen functional groups attached to an aromatic ring is 1. The summed E-state index contributed by atoms with van der Waals surface area (Å²) in [6, 6.07) is 4.96. The molecule has 1 amide bonds. The Labute approximate surface area is 100 Å². The van der Waals surface area contributed by atoms with Gasteiger partial charge in [0.2, 0.25) is 10.0 Å². The van der Waals surface area contributed by atoms with Gasteiger partial charge in [-0.2, -0.15) is 0 Å². The largest absolute Gasteiger partial charge is 0.399 e. The first-order valence-corrected chi connectivity index (χ1v) is 6.66. The van der Waals surface area contributed by atoms with Gasteiger partial charge in [0.15, 0.2) is 0 Å². The Morgan fingerprint density at radius 3 is 2.65 bits per heavy atom. The third kappa shape index (κ3) is 4.41. The van der Waals surface area contributed by atoms with Gasteiger partial charge in [-0.25, -0.2) is 13.6 Å². The second-order valence-electron chi connectivity index (χ2n) is 3.70. The number of nitrogens with two attached hydrogens (primary N) is 2. The van der Waals surface area contributed by atoms with Gasteiger partial charge in [0.1, 0.15) is 0 Å².